The Hall–Kier alpha value is -1.97. The third kappa shape index (κ3) is 8.10. The van der Waals surface area contributed by atoms with Crippen LogP contribution in [0.2, 0.25) is 0 Å². The van der Waals surface area contributed by atoms with Gasteiger partial charge in [-0.05, 0) is 38.2 Å². The number of hydrogen-bond acceptors (Lipinski definition) is 6. The van der Waals surface area contributed by atoms with Gasteiger partial charge in [0.25, 0.3) is 5.91 Å². The number of carbonyl (C=O) groups excluding carboxylic acids is 4. The summed E-state index contributed by atoms with van der Waals surface area (Å²) in [5, 5.41) is 7.15. The largest absolute Gasteiger partial charge is 0.451 e. The highest BCUT2D eigenvalue weighted by Gasteiger charge is 2.27. The second-order valence-electron chi connectivity index (χ2n) is 5.87. The number of nitrogens with two attached hydrogens (primary N) is 1. The van der Waals surface area contributed by atoms with Crippen molar-refractivity contribution in [2.24, 2.45) is 5.73 Å². The van der Waals surface area contributed by atoms with Crippen LogP contribution >= 0.6 is 11.8 Å². The molecule has 0 aromatic rings. The van der Waals surface area contributed by atoms with Crippen LogP contribution in [0.5, 0.6) is 0 Å². The molecule has 25 heavy (non-hydrogen) atoms. The molecular formula is C15H26N4O5S. The van der Waals surface area contributed by atoms with Gasteiger partial charge in [0.05, 0.1) is 0 Å². The maximum atomic E-state index is 12.1. The number of imide groups is 1. The SMILES string of the molecule is CSCC[C@H](NC(N)=O)C(=O)O[C@H](C)C(=O)NC(=O)NC1CCCC1. The second kappa shape index (κ2) is 10.8. The summed E-state index contributed by atoms with van der Waals surface area (Å²) in [6.07, 6.45) is 4.89. The number of nitrogens with one attached hydrogen (secondary N) is 3. The predicted octanol–water partition coefficient (Wildman–Crippen LogP) is 0.477. The lowest BCUT2D eigenvalue weighted by molar-refractivity contribution is -0.156. The Kier molecular flexibility index (Phi) is 9.11. The molecule has 9 nitrogen and oxygen atoms in total. The lowest BCUT2D eigenvalue weighted by Crippen LogP contribution is -2.49. The summed E-state index contributed by atoms with van der Waals surface area (Å²) in [6, 6.07) is -2.32. The summed E-state index contributed by atoms with van der Waals surface area (Å²) in [5.41, 5.74) is 5.04. The molecule has 1 fully saturated rings. The number of rotatable bonds is 8. The zero-order valence-electron chi connectivity index (χ0n) is 14.5. The van der Waals surface area contributed by atoms with E-state index in [9.17, 15) is 19.2 Å². The summed E-state index contributed by atoms with van der Waals surface area (Å²) in [5.74, 6) is -0.900. The zero-order valence-corrected chi connectivity index (χ0v) is 15.3. The minimum Gasteiger partial charge on any atom is -0.451 e. The lowest BCUT2D eigenvalue weighted by atomic mass is 10.2. The highest BCUT2D eigenvalue weighted by atomic mass is 32.2. The molecule has 0 heterocycles. The fourth-order valence-electron chi connectivity index (χ4n) is 2.47. The summed E-state index contributed by atoms with van der Waals surface area (Å²) in [6.45, 7) is 1.35. The molecular weight excluding hydrogens is 348 g/mol. The molecule has 0 aromatic carbocycles. The summed E-state index contributed by atoms with van der Waals surface area (Å²) in [7, 11) is 0. The fourth-order valence-corrected chi connectivity index (χ4v) is 2.94. The van der Waals surface area contributed by atoms with Gasteiger partial charge in [0.2, 0.25) is 0 Å². The molecule has 142 valence electrons. The van der Waals surface area contributed by atoms with Crippen LogP contribution in [0.25, 0.3) is 0 Å². The van der Waals surface area contributed by atoms with Crippen LogP contribution in [0.1, 0.15) is 39.0 Å². The van der Waals surface area contributed by atoms with Crippen LogP contribution in [0, 0.1) is 0 Å². The maximum absolute atomic E-state index is 12.1. The van der Waals surface area contributed by atoms with E-state index in [4.69, 9.17) is 10.5 Å². The van der Waals surface area contributed by atoms with Crippen LogP contribution in [0.15, 0.2) is 0 Å². The molecule has 5 N–H and O–H groups in total. The van der Waals surface area contributed by atoms with E-state index in [0.29, 0.717) is 12.2 Å². The Morgan fingerprint density at radius 1 is 1.24 bits per heavy atom. The van der Waals surface area contributed by atoms with Crippen molar-refractivity contribution in [1.29, 1.82) is 0 Å². The van der Waals surface area contributed by atoms with Crippen molar-refractivity contribution in [3.8, 4) is 0 Å². The van der Waals surface area contributed by atoms with Crippen molar-refractivity contribution >= 4 is 35.7 Å². The number of primary amides is 1. The average Bonchev–Trinajstić information content (AvgIpc) is 3.03. The van der Waals surface area contributed by atoms with Gasteiger partial charge in [-0.25, -0.2) is 14.4 Å². The first-order valence-electron chi connectivity index (χ1n) is 8.20. The zero-order chi connectivity index (χ0) is 18.8. The summed E-state index contributed by atoms with van der Waals surface area (Å²) >= 11 is 1.49. The summed E-state index contributed by atoms with van der Waals surface area (Å²) < 4.78 is 5.03. The van der Waals surface area contributed by atoms with Gasteiger partial charge >= 0.3 is 18.0 Å². The van der Waals surface area contributed by atoms with Crippen LogP contribution in [-0.4, -0.2) is 54.1 Å². The normalized spacial score (nSPS) is 16.6. The van der Waals surface area contributed by atoms with Gasteiger partial charge in [0, 0.05) is 6.04 Å². The van der Waals surface area contributed by atoms with Crippen LogP contribution in [0.4, 0.5) is 9.59 Å². The minimum absolute atomic E-state index is 0.0707. The van der Waals surface area contributed by atoms with Gasteiger partial charge in [-0.2, -0.15) is 11.8 Å². The Morgan fingerprint density at radius 3 is 2.44 bits per heavy atom. The molecule has 0 radical (unpaired) electrons. The van der Waals surface area contributed by atoms with E-state index < -0.39 is 36.1 Å². The number of thioether (sulfide) groups is 1. The molecule has 5 amide bonds. The Balaban J connectivity index is 2.45. The van der Waals surface area contributed by atoms with Crippen LogP contribution < -0.4 is 21.7 Å². The van der Waals surface area contributed by atoms with E-state index in [1.165, 1.54) is 18.7 Å². The Morgan fingerprint density at radius 2 is 1.88 bits per heavy atom. The van der Waals surface area contributed by atoms with E-state index in [2.05, 4.69) is 16.0 Å². The number of carbonyl (C=O) groups is 4. The quantitative estimate of drug-likeness (QED) is 0.456. The van der Waals surface area contributed by atoms with E-state index in [1.807, 2.05) is 6.26 Å². The van der Waals surface area contributed by atoms with Gasteiger partial charge < -0.3 is 21.1 Å². The topological polar surface area (TPSA) is 140 Å². The van der Waals surface area contributed by atoms with Crippen LogP contribution in [-0.2, 0) is 14.3 Å². The van der Waals surface area contributed by atoms with Gasteiger partial charge in [0.15, 0.2) is 6.10 Å². The molecule has 10 heteroatoms. The molecule has 2 atom stereocenters. The first-order valence-corrected chi connectivity index (χ1v) is 9.59. The maximum Gasteiger partial charge on any atom is 0.329 e. The molecule has 0 spiro atoms. The monoisotopic (exact) mass is 374 g/mol. The van der Waals surface area contributed by atoms with Crippen molar-refractivity contribution < 1.29 is 23.9 Å². The standard InChI is InChI=1S/C15H26N4O5S/c1-9(12(20)19-15(23)17-10-5-3-4-6-10)24-13(21)11(7-8-25-2)18-14(16)22/h9-11H,3-8H2,1-2H3,(H3,16,18,22)(H2,17,19,20,23)/t9-,11+/m1/s1. The van der Waals surface area contributed by atoms with Gasteiger partial charge in [-0.3, -0.25) is 10.1 Å². The first-order chi connectivity index (χ1) is 11.8. The number of urea groups is 2. The Labute approximate surface area is 151 Å². The lowest BCUT2D eigenvalue weighted by Gasteiger charge is -2.19. The minimum atomic E-state index is -1.17. The molecule has 0 saturated heterocycles. The van der Waals surface area contributed by atoms with Gasteiger partial charge in [-0.15, -0.1) is 0 Å². The fraction of sp³-hybridized carbons (Fsp3) is 0.733. The third-order valence-electron chi connectivity index (χ3n) is 3.80. The number of esters is 1. The van der Waals surface area contributed by atoms with E-state index in [0.717, 1.165) is 25.7 Å². The number of hydrogen-bond donors (Lipinski definition) is 4. The van der Waals surface area contributed by atoms with Crippen molar-refractivity contribution in [2.75, 3.05) is 12.0 Å². The Bertz CT molecular complexity index is 496. The molecule has 1 rings (SSSR count). The average molecular weight is 374 g/mol. The van der Waals surface area contributed by atoms with Crippen LogP contribution in [0.3, 0.4) is 0 Å². The molecule has 0 aromatic heterocycles. The third-order valence-corrected chi connectivity index (χ3v) is 4.44. The second-order valence-corrected chi connectivity index (χ2v) is 6.85. The summed E-state index contributed by atoms with van der Waals surface area (Å²) in [4.78, 5) is 46.8. The smallest absolute Gasteiger partial charge is 0.329 e. The molecule has 0 aliphatic heterocycles. The van der Waals surface area contributed by atoms with Crippen molar-refractivity contribution in [2.45, 2.75) is 57.2 Å². The van der Waals surface area contributed by atoms with Gasteiger partial charge in [0.1, 0.15) is 6.04 Å². The highest BCUT2D eigenvalue weighted by Crippen LogP contribution is 2.17. The molecule has 1 saturated carbocycles. The number of ether oxygens (including phenoxy) is 1. The molecule has 1 aliphatic rings. The molecule has 0 unspecified atom stereocenters. The molecule has 1 aliphatic carbocycles. The molecule has 0 bridgehead atoms. The van der Waals surface area contributed by atoms with E-state index >= 15 is 0 Å². The first kappa shape index (κ1) is 21.1. The van der Waals surface area contributed by atoms with E-state index in [-0.39, 0.29) is 6.04 Å². The number of amides is 5. The van der Waals surface area contributed by atoms with Crippen molar-refractivity contribution in [3.05, 3.63) is 0 Å². The van der Waals surface area contributed by atoms with Crippen molar-refractivity contribution in [1.82, 2.24) is 16.0 Å². The highest BCUT2D eigenvalue weighted by molar-refractivity contribution is 7.98. The predicted molar refractivity (Wildman–Crippen MR) is 94.0 cm³/mol. The van der Waals surface area contributed by atoms with Crippen molar-refractivity contribution in [3.63, 3.8) is 0 Å². The van der Waals surface area contributed by atoms with E-state index in [1.54, 1.807) is 0 Å². The van der Waals surface area contributed by atoms with Gasteiger partial charge in [-0.1, -0.05) is 12.8 Å².